The fraction of sp³-hybridized carbons (Fsp3) is 0.720. The molecule has 0 saturated heterocycles. The van der Waals surface area contributed by atoms with Crippen LogP contribution in [0.15, 0.2) is 24.3 Å². The van der Waals surface area contributed by atoms with Crippen LogP contribution in [0, 0.1) is 0 Å². The second-order valence-electron chi connectivity index (χ2n) is 9.86. The maximum Gasteiger partial charge on any atom is 0.263 e. The quantitative estimate of drug-likeness (QED) is 0.600. The van der Waals surface area contributed by atoms with E-state index in [1.807, 2.05) is 19.1 Å². The van der Waals surface area contributed by atoms with Crippen molar-refractivity contribution in [1.29, 1.82) is 0 Å². The zero-order valence-electron chi connectivity index (χ0n) is 18.4. The zero-order chi connectivity index (χ0) is 20.1. The van der Waals surface area contributed by atoms with Crippen molar-refractivity contribution in [3.05, 3.63) is 29.8 Å². The minimum absolute atomic E-state index is 0.124. The summed E-state index contributed by atoms with van der Waals surface area (Å²) in [7, 11) is 0. The van der Waals surface area contributed by atoms with Gasteiger partial charge in [-0.15, -0.1) is 0 Å². The monoisotopic (exact) mass is 385 g/mol. The van der Waals surface area contributed by atoms with E-state index in [1.165, 1.54) is 44.1 Å². The summed E-state index contributed by atoms with van der Waals surface area (Å²) in [6.45, 7) is 8.56. The van der Waals surface area contributed by atoms with Gasteiger partial charge in [-0.2, -0.15) is 0 Å². The van der Waals surface area contributed by atoms with Crippen LogP contribution in [-0.4, -0.2) is 29.0 Å². The largest absolute Gasteiger partial charge is 0.481 e. The molecule has 1 aromatic carbocycles. The number of carbonyl (C=O) groups excluding carboxylic acids is 1. The summed E-state index contributed by atoms with van der Waals surface area (Å²) >= 11 is 0. The third-order valence-corrected chi connectivity index (χ3v) is 6.57. The topological polar surface area (TPSA) is 29.5 Å². The molecular weight excluding hydrogens is 346 g/mol. The molecule has 2 aliphatic rings. The van der Waals surface area contributed by atoms with E-state index < -0.39 is 6.10 Å². The second kappa shape index (κ2) is 9.33. The molecule has 3 nitrogen and oxygen atoms in total. The highest BCUT2D eigenvalue weighted by atomic mass is 16.5. The van der Waals surface area contributed by atoms with Crippen molar-refractivity contribution in [2.24, 2.45) is 0 Å². The molecule has 1 atom stereocenters. The van der Waals surface area contributed by atoms with Crippen LogP contribution in [0.2, 0.25) is 0 Å². The first-order valence-electron chi connectivity index (χ1n) is 11.5. The van der Waals surface area contributed by atoms with Crippen LogP contribution in [-0.2, 0) is 10.2 Å². The van der Waals surface area contributed by atoms with E-state index in [2.05, 4.69) is 37.8 Å². The molecule has 1 amide bonds. The molecule has 3 heteroatoms. The lowest BCUT2D eigenvalue weighted by Gasteiger charge is -2.42. The number of rotatable bonds is 5. The molecule has 2 saturated carbocycles. The highest BCUT2D eigenvalue weighted by molar-refractivity contribution is 5.81. The Morgan fingerprint density at radius 2 is 1.36 bits per heavy atom. The molecule has 28 heavy (non-hydrogen) atoms. The van der Waals surface area contributed by atoms with Gasteiger partial charge in [0.2, 0.25) is 0 Å². The number of hydrogen-bond acceptors (Lipinski definition) is 2. The smallest absolute Gasteiger partial charge is 0.263 e. The number of amides is 1. The van der Waals surface area contributed by atoms with Crippen molar-refractivity contribution in [3.8, 4) is 5.75 Å². The molecule has 0 spiro atoms. The standard InChI is InChI=1S/C25H39NO2/c1-19(28-23-17-15-20(16-18-23)25(2,3)4)24(27)26(21-11-7-5-8-12-21)22-13-9-6-10-14-22/h15-19,21-22H,5-14H2,1-4H3. The van der Waals surface area contributed by atoms with Gasteiger partial charge in [0.25, 0.3) is 5.91 Å². The highest BCUT2D eigenvalue weighted by Gasteiger charge is 2.35. The summed E-state index contributed by atoms with van der Waals surface area (Å²) in [5.41, 5.74) is 1.41. The lowest BCUT2D eigenvalue weighted by atomic mass is 9.87. The van der Waals surface area contributed by atoms with Crippen LogP contribution in [0.4, 0.5) is 0 Å². The second-order valence-corrected chi connectivity index (χ2v) is 9.86. The zero-order valence-corrected chi connectivity index (χ0v) is 18.4. The van der Waals surface area contributed by atoms with E-state index in [-0.39, 0.29) is 11.3 Å². The van der Waals surface area contributed by atoms with Crippen LogP contribution in [0.25, 0.3) is 0 Å². The van der Waals surface area contributed by atoms with E-state index in [1.54, 1.807) is 0 Å². The summed E-state index contributed by atoms with van der Waals surface area (Å²) in [5.74, 6) is 0.986. The minimum atomic E-state index is -0.427. The van der Waals surface area contributed by atoms with E-state index >= 15 is 0 Å². The van der Waals surface area contributed by atoms with E-state index in [0.717, 1.165) is 31.4 Å². The van der Waals surface area contributed by atoms with Crippen LogP contribution in [0.1, 0.15) is 97.5 Å². The van der Waals surface area contributed by atoms with Gasteiger partial charge in [0, 0.05) is 12.1 Å². The Kier molecular flexibility index (Phi) is 7.06. The first-order valence-corrected chi connectivity index (χ1v) is 11.5. The lowest BCUT2D eigenvalue weighted by Crippen LogP contribution is -2.52. The molecule has 0 radical (unpaired) electrons. The van der Waals surface area contributed by atoms with Crippen molar-refractivity contribution in [1.82, 2.24) is 4.90 Å². The van der Waals surface area contributed by atoms with Crippen LogP contribution in [0.5, 0.6) is 5.75 Å². The molecule has 2 aliphatic carbocycles. The third kappa shape index (κ3) is 5.30. The van der Waals surface area contributed by atoms with Crippen LogP contribution >= 0.6 is 0 Å². The van der Waals surface area contributed by atoms with Crippen molar-refractivity contribution in [2.45, 2.75) is 116 Å². The molecular formula is C25H39NO2. The Labute approximate surface area is 171 Å². The number of hydrogen-bond donors (Lipinski definition) is 0. The van der Waals surface area contributed by atoms with Crippen molar-refractivity contribution in [3.63, 3.8) is 0 Å². The maximum atomic E-state index is 13.5. The number of benzene rings is 1. The summed E-state index contributed by atoms with van der Waals surface area (Å²) < 4.78 is 6.12. The van der Waals surface area contributed by atoms with Gasteiger partial charge in [-0.05, 0) is 55.7 Å². The third-order valence-electron chi connectivity index (χ3n) is 6.57. The summed E-state index contributed by atoms with van der Waals surface area (Å²) in [6, 6.07) is 9.09. The fourth-order valence-electron chi connectivity index (χ4n) is 4.87. The number of carbonyl (C=O) groups is 1. The van der Waals surface area contributed by atoms with Crippen LogP contribution < -0.4 is 4.74 Å². The number of nitrogens with zero attached hydrogens (tertiary/aromatic N) is 1. The van der Waals surface area contributed by atoms with Gasteiger partial charge in [0.15, 0.2) is 6.10 Å². The summed E-state index contributed by atoms with van der Waals surface area (Å²) in [4.78, 5) is 15.7. The van der Waals surface area contributed by atoms with Gasteiger partial charge < -0.3 is 9.64 Å². The van der Waals surface area contributed by atoms with Gasteiger partial charge in [-0.3, -0.25) is 4.79 Å². The molecule has 0 heterocycles. The highest BCUT2D eigenvalue weighted by Crippen LogP contribution is 2.31. The first-order chi connectivity index (χ1) is 13.4. The number of ether oxygens (including phenoxy) is 1. The van der Waals surface area contributed by atoms with Crippen molar-refractivity contribution < 1.29 is 9.53 Å². The molecule has 1 unspecified atom stereocenters. The van der Waals surface area contributed by atoms with Gasteiger partial charge in [0.1, 0.15) is 5.75 Å². The van der Waals surface area contributed by atoms with Crippen molar-refractivity contribution >= 4 is 5.91 Å². The Bertz CT molecular complexity index is 601. The molecule has 156 valence electrons. The molecule has 0 bridgehead atoms. The Morgan fingerprint density at radius 1 is 0.893 bits per heavy atom. The maximum absolute atomic E-state index is 13.5. The Balaban J connectivity index is 1.70. The predicted octanol–water partition coefficient (Wildman–Crippen LogP) is 6.25. The van der Waals surface area contributed by atoms with Gasteiger partial charge in [-0.1, -0.05) is 71.4 Å². The van der Waals surface area contributed by atoms with Gasteiger partial charge in [0.05, 0.1) is 0 Å². The molecule has 2 fully saturated rings. The van der Waals surface area contributed by atoms with Gasteiger partial charge in [-0.25, -0.2) is 0 Å². The lowest BCUT2D eigenvalue weighted by molar-refractivity contribution is -0.145. The predicted molar refractivity (Wildman–Crippen MR) is 116 cm³/mol. The Hall–Kier alpha value is -1.51. The summed E-state index contributed by atoms with van der Waals surface area (Å²) in [5, 5.41) is 0. The van der Waals surface area contributed by atoms with E-state index in [4.69, 9.17) is 4.74 Å². The fourth-order valence-corrected chi connectivity index (χ4v) is 4.87. The molecule has 0 aliphatic heterocycles. The van der Waals surface area contributed by atoms with E-state index in [0.29, 0.717) is 12.1 Å². The van der Waals surface area contributed by atoms with E-state index in [9.17, 15) is 4.79 Å². The first kappa shape index (κ1) is 21.2. The molecule has 0 aromatic heterocycles. The van der Waals surface area contributed by atoms with Gasteiger partial charge >= 0.3 is 0 Å². The van der Waals surface area contributed by atoms with Crippen LogP contribution in [0.3, 0.4) is 0 Å². The average molecular weight is 386 g/mol. The molecule has 0 N–H and O–H groups in total. The molecule has 3 rings (SSSR count). The molecule has 1 aromatic rings. The summed E-state index contributed by atoms with van der Waals surface area (Å²) in [6.07, 6.45) is 11.9. The van der Waals surface area contributed by atoms with Crippen molar-refractivity contribution in [2.75, 3.05) is 0 Å². The normalized spacial score (nSPS) is 20.6. The SMILES string of the molecule is CC(Oc1ccc(C(C)(C)C)cc1)C(=O)N(C1CCCCC1)C1CCCCC1. The minimum Gasteiger partial charge on any atom is -0.481 e. The Morgan fingerprint density at radius 3 is 1.79 bits per heavy atom. The average Bonchev–Trinajstić information content (AvgIpc) is 2.69.